The fourth-order valence-corrected chi connectivity index (χ4v) is 3.66. The number of imidazole rings is 1. The molecule has 0 amide bonds. The Bertz CT molecular complexity index is 1210. The third-order valence-corrected chi connectivity index (χ3v) is 5.07. The van der Waals surface area contributed by atoms with E-state index in [1.54, 1.807) is 6.07 Å². The lowest BCUT2D eigenvalue weighted by Crippen LogP contribution is -2.29. The molecule has 1 aliphatic rings. The molecule has 0 aliphatic carbocycles. The Balaban J connectivity index is 1.77. The Morgan fingerprint density at radius 3 is 2.96 bits per heavy atom. The topological polar surface area (TPSA) is 72.1 Å². The zero-order chi connectivity index (χ0) is 18.5. The second-order valence-corrected chi connectivity index (χ2v) is 6.71. The van der Waals surface area contributed by atoms with Gasteiger partial charge in [-0.2, -0.15) is 5.10 Å². The van der Waals surface area contributed by atoms with Crippen LogP contribution in [0.2, 0.25) is 0 Å². The molecule has 27 heavy (non-hydrogen) atoms. The smallest absolute Gasteiger partial charge is 0.171 e. The van der Waals surface area contributed by atoms with Gasteiger partial charge in [-0.05, 0) is 29.6 Å². The van der Waals surface area contributed by atoms with Gasteiger partial charge in [0.15, 0.2) is 11.6 Å². The van der Waals surface area contributed by atoms with Crippen molar-refractivity contribution in [1.29, 1.82) is 0 Å². The van der Waals surface area contributed by atoms with Gasteiger partial charge in [0, 0.05) is 18.0 Å². The first-order valence-electron chi connectivity index (χ1n) is 8.76. The van der Waals surface area contributed by atoms with Gasteiger partial charge >= 0.3 is 0 Å². The van der Waals surface area contributed by atoms with Crippen molar-refractivity contribution >= 4 is 27.7 Å². The zero-order valence-corrected chi connectivity index (χ0v) is 15.0. The van der Waals surface area contributed by atoms with Crippen LogP contribution in [0.4, 0.5) is 11.4 Å². The normalized spacial score (nSPS) is 13.6. The van der Waals surface area contributed by atoms with Crippen molar-refractivity contribution in [3.8, 4) is 17.1 Å². The molecule has 7 heteroatoms. The largest absolute Gasteiger partial charge is 0.487 e. The van der Waals surface area contributed by atoms with E-state index in [0.717, 1.165) is 45.5 Å². The van der Waals surface area contributed by atoms with Gasteiger partial charge in [-0.3, -0.25) is 0 Å². The molecule has 0 bridgehead atoms. The average Bonchev–Trinajstić information content (AvgIpc) is 3.04. The summed E-state index contributed by atoms with van der Waals surface area (Å²) in [6.45, 7) is 3.42. The summed E-state index contributed by atoms with van der Waals surface area (Å²) in [5.41, 5.74) is 3.98. The third-order valence-electron chi connectivity index (χ3n) is 5.07. The van der Waals surface area contributed by atoms with Gasteiger partial charge in [0.25, 0.3) is 0 Å². The minimum atomic E-state index is 0.419. The van der Waals surface area contributed by atoms with Crippen LogP contribution in [0.1, 0.15) is 5.69 Å². The number of aromatic nitrogens is 3. The molecule has 7 nitrogen and oxygen atoms in total. The maximum Gasteiger partial charge on any atom is 0.171 e. The molecule has 134 valence electrons. The van der Waals surface area contributed by atoms with E-state index in [2.05, 4.69) is 15.2 Å². The molecule has 0 N–H and O–H groups in total. The molecule has 0 saturated heterocycles. The molecule has 0 atom stereocenters. The Morgan fingerprint density at radius 1 is 1.22 bits per heavy atom. The minimum Gasteiger partial charge on any atom is -0.487 e. The summed E-state index contributed by atoms with van der Waals surface area (Å²) in [6, 6.07) is 11.4. The third kappa shape index (κ3) is 2.28. The summed E-state index contributed by atoms with van der Waals surface area (Å²) in [7, 11) is 2.03. The molecular formula is C20H17N5O2. The summed E-state index contributed by atoms with van der Waals surface area (Å²) >= 11 is 0. The Morgan fingerprint density at radius 2 is 2.11 bits per heavy atom. The maximum atomic E-state index is 11.2. The lowest BCUT2D eigenvalue weighted by molar-refractivity contribution is 0.313. The van der Waals surface area contributed by atoms with Crippen LogP contribution in [-0.2, 0) is 0 Å². The molecule has 0 unspecified atom stereocenters. The van der Waals surface area contributed by atoms with Crippen molar-refractivity contribution < 1.29 is 4.74 Å². The second kappa shape index (κ2) is 5.77. The highest BCUT2D eigenvalue weighted by Gasteiger charge is 2.23. The molecule has 2 aromatic carbocycles. The van der Waals surface area contributed by atoms with E-state index in [9.17, 15) is 4.91 Å². The predicted octanol–water partition coefficient (Wildman–Crippen LogP) is 4.08. The summed E-state index contributed by atoms with van der Waals surface area (Å²) in [5, 5.41) is 9.52. The first-order valence-corrected chi connectivity index (χ1v) is 8.76. The highest BCUT2D eigenvalue weighted by atomic mass is 16.5. The second-order valence-electron chi connectivity index (χ2n) is 6.71. The molecule has 4 aromatic rings. The molecule has 0 spiro atoms. The molecule has 0 radical (unpaired) electrons. The molecule has 0 fully saturated rings. The SMILES string of the molecule is Cc1nc(-c2ccc3cccc(N=O)c3c2)n2ncc3c(c12)OCCN3C. The fourth-order valence-electron chi connectivity index (χ4n) is 3.66. The van der Waals surface area contributed by atoms with E-state index in [1.165, 1.54) is 0 Å². The maximum absolute atomic E-state index is 11.2. The summed E-state index contributed by atoms with van der Waals surface area (Å²) in [5.74, 6) is 1.52. The lowest BCUT2D eigenvalue weighted by atomic mass is 10.1. The van der Waals surface area contributed by atoms with Crippen molar-refractivity contribution in [2.24, 2.45) is 5.18 Å². The van der Waals surface area contributed by atoms with Gasteiger partial charge < -0.3 is 9.64 Å². The number of benzene rings is 2. The van der Waals surface area contributed by atoms with Gasteiger partial charge in [0.2, 0.25) is 0 Å². The molecule has 5 rings (SSSR count). The standard InChI is InChI=1S/C20H17N5O2/c1-12-18-19-17(24(2)8-9-27-19)11-21-25(18)20(22-12)14-7-6-13-4-3-5-16(23-26)15(13)10-14/h3-7,10-11H,8-9H2,1-2H3. The number of fused-ring (bicyclic) bond motifs is 4. The average molecular weight is 359 g/mol. The summed E-state index contributed by atoms with van der Waals surface area (Å²) < 4.78 is 7.76. The van der Waals surface area contributed by atoms with Gasteiger partial charge in [0.1, 0.15) is 23.5 Å². The predicted molar refractivity (Wildman–Crippen MR) is 105 cm³/mol. The Hall–Kier alpha value is -3.48. The molecular weight excluding hydrogens is 342 g/mol. The van der Waals surface area contributed by atoms with Gasteiger partial charge in [0.05, 0.1) is 18.4 Å². The number of likely N-dealkylation sites (N-methyl/N-ethyl adjacent to an activating group) is 1. The van der Waals surface area contributed by atoms with Crippen LogP contribution < -0.4 is 9.64 Å². The lowest BCUT2D eigenvalue weighted by Gasteiger charge is -2.27. The number of aryl methyl sites for hydroxylation is 1. The quantitative estimate of drug-likeness (QED) is 0.504. The molecule has 3 heterocycles. The summed E-state index contributed by atoms with van der Waals surface area (Å²) in [4.78, 5) is 18.1. The number of anilines is 1. The zero-order valence-electron chi connectivity index (χ0n) is 15.0. The monoisotopic (exact) mass is 359 g/mol. The van der Waals surface area contributed by atoms with Crippen LogP contribution >= 0.6 is 0 Å². The Kier molecular flexibility index (Phi) is 3.36. The van der Waals surface area contributed by atoms with E-state index in [-0.39, 0.29) is 0 Å². The van der Waals surface area contributed by atoms with Gasteiger partial charge in [-0.1, -0.05) is 24.3 Å². The van der Waals surface area contributed by atoms with E-state index >= 15 is 0 Å². The molecule has 2 aromatic heterocycles. The van der Waals surface area contributed by atoms with Crippen LogP contribution in [0.15, 0.2) is 47.8 Å². The van der Waals surface area contributed by atoms with E-state index in [0.29, 0.717) is 18.1 Å². The van der Waals surface area contributed by atoms with Gasteiger partial charge in [-0.25, -0.2) is 9.50 Å². The minimum absolute atomic E-state index is 0.419. The van der Waals surface area contributed by atoms with Crippen LogP contribution in [0.25, 0.3) is 27.7 Å². The van der Waals surface area contributed by atoms with Crippen LogP contribution in [0.3, 0.4) is 0 Å². The van der Waals surface area contributed by atoms with E-state index in [4.69, 9.17) is 9.72 Å². The van der Waals surface area contributed by atoms with Gasteiger partial charge in [-0.15, -0.1) is 4.91 Å². The number of ether oxygens (including phenoxy) is 1. The number of nitrogens with zero attached hydrogens (tertiary/aromatic N) is 5. The first-order chi connectivity index (χ1) is 13.2. The highest BCUT2D eigenvalue weighted by molar-refractivity contribution is 5.95. The number of hydrogen-bond acceptors (Lipinski definition) is 6. The van der Waals surface area contributed by atoms with Crippen molar-refractivity contribution in [3.63, 3.8) is 0 Å². The fraction of sp³-hybridized carbons (Fsp3) is 0.200. The van der Waals surface area contributed by atoms with E-state index < -0.39 is 0 Å². The van der Waals surface area contributed by atoms with Crippen LogP contribution in [0.5, 0.6) is 5.75 Å². The van der Waals surface area contributed by atoms with Crippen LogP contribution in [0, 0.1) is 11.8 Å². The number of hydrogen-bond donors (Lipinski definition) is 0. The van der Waals surface area contributed by atoms with Crippen molar-refractivity contribution in [1.82, 2.24) is 14.6 Å². The van der Waals surface area contributed by atoms with E-state index in [1.807, 2.05) is 55.0 Å². The molecule has 1 aliphatic heterocycles. The van der Waals surface area contributed by atoms with Crippen molar-refractivity contribution in [2.45, 2.75) is 6.92 Å². The highest BCUT2D eigenvalue weighted by Crippen LogP contribution is 2.38. The number of rotatable bonds is 2. The summed E-state index contributed by atoms with van der Waals surface area (Å²) in [6.07, 6.45) is 1.81. The van der Waals surface area contributed by atoms with Crippen LogP contribution in [-0.4, -0.2) is 34.8 Å². The molecule has 0 saturated carbocycles. The first kappa shape index (κ1) is 15.7. The number of nitroso groups, excluding NO2 is 1. The van der Waals surface area contributed by atoms with Crippen molar-refractivity contribution in [3.05, 3.63) is 53.2 Å². The Labute approximate surface area is 155 Å². The van der Waals surface area contributed by atoms with Crippen molar-refractivity contribution in [2.75, 3.05) is 25.1 Å².